The molecule has 0 unspecified atom stereocenters. The number of hydrogen-bond acceptors (Lipinski definition) is 9. The normalized spacial score (nSPS) is 14.7. The van der Waals surface area contributed by atoms with Crippen molar-refractivity contribution in [3.63, 3.8) is 0 Å². The predicted octanol–water partition coefficient (Wildman–Crippen LogP) is 21.9. The Hall–Kier alpha value is -8.96. The van der Waals surface area contributed by atoms with Gasteiger partial charge in [-0.1, -0.05) is 156 Å². The summed E-state index contributed by atoms with van der Waals surface area (Å²) in [6, 6.07) is 99.1. The third-order valence-electron chi connectivity index (χ3n) is 16.8. The molecule has 0 bridgehead atoms. The van der Waals surface area contributed by atoms with E-state index < -0.39 is 5.41 Å². The van der Waals surface area contributed by atoms with E-state index in [0.29, 0.717) is 0 Å². The fourth-order valence-electron chi connectivity index (χ4n) is 13.4. The number of para-hydroxylation sites is 8. The molecule has 0 fully saturated rings. The third-order valence-corrected chi connectivity index (χ3v) is 21.3. The summed E-state index contributed by atoms with van der Waals surface area (Å²) in [5.41, 5.74) is 19.6. The maximum absolute atomic E-state index is 7.46. The minimum Gasteiger partial charge on any atom is -0.457 e. The van der Waals surface area contributed by atoms with Crippen LogP contribution >= 0.6 is 47.0 Å². The van der Waals surface area contributed by atoms with E-state index in [1.807, 2.05) is 47.0 Å². The van der Waals surface area contributed by atoms with Crippen molar-refractivity contribution < 1.29 is 4.74 Å². The first kappa shape index (κ1) is 46.8. The molecule has 5 heterocycles. The number of benzene rings is 12. The van der Waals surface area contributed by atoms with Gasteiger partial charge in [0.25, 0.3) is 0 Å². The molecule has 0 atom stereocenters. The van der Waals surface area contributed by atoms with Gasteiger partial charge in [-0.2, -0.15) is 0 Å². The van der Waals surface area contributed by atoms with Gasteiger partial charge in [0.2, 0.25) is 0 Å². The first-order valence-electron chi connectivity index (χ1n) is 27.5. The van der Waals surface area contributed by atoms with Crippen molar-refractivity contribution in [3.8, 4) is 22.6 Å². The van der Waals surface area contributed by atoms with E-state index in [1.165, 1.54) is 61.4 Å². The van der Waals surface area contributed by atoms with Crippen molar-refractivity contribution >= 4 is 115 Å². The summed E-state index contributed by atoms with van der Waals surface area (Å²) in [4.78, 5) is 19.6. The van der Waals surface area contributed by atoms with Gasteiger partial charge in [0.05, 0.1) is 50.9 Å². The molecule has 82 heavy (non-hydrogen) atoms. The van der Waals surface area contributed by atoms with Crippen molar-refractivity contribution in [1.82, 2.24) is 0 Å². The lowest BCUT2D eigenvalue weighted by Gasteiger charge is -2.42. The highest BCUT2D eigenvalue weighted by Gasteiger charge is 2.53. The van der Waals surface area contributed by atoms with Crippen LogP contribution in [0.2, 0.25) is 0 Å². The molecule has 0 amide bonds. The Morgan fingerprint density at radius 3 is 0.707 bits per heavy atom. The van der Waals surface area contributed by atoms with Crippen LogP contribution in [0.4, 0.5) is 68.2 Å². The van der Waals surface area contributed by atoms with Crippen LogP contribution in [0.15, 0.2) is 306 Å². The summed E-state index contributed by atoms with van der Waals surface area (Å²) < 4.78 is 7.46. The van der Waals surface area contributed by atoms with E-state index in [0.717, 1.165) is 90.9 Å². The molecular formula is C73H44N4OS4. The Bertz CT molecular complexity index is 4230. The smallest absolute Gasteiger partial charge is 0.132 e. The lowest BCUT2D eigenvalue weighted by atomic mass is 9.65. The lowest BCUT2D eigenvalue weighted by Crippen LogP contribution is -2.33. The van der Waals surface area contributed by atoms with Gasteiger partial charge in [-0.25, -0.2) is 0 Å². The van der Waals surface area contributed by atoms with E-state index >= 15 is 0 Å². The lowest BCUT2D eigenvalue weighted by molar-refractivity contribution is 0.436. The first-order valence-corrected chi connectivity index (χ1v) is 30.8. The summed E-state index contributed by atoms with van der Waals surface area (Å²) in [6.07, 6.45) is 0. The van der Waals surface area contributed by atoms with Crippen LogP contribution in [0.3, 0.4) is 0 Å². The topological polar surface area (TPSA) is 22.2 Å². The summed E-state index contributed by atoms with van der Waals surface area (Å²) in [5.74, 6) is 1.65. The molecule has 18 rings (SSSR count). The van der Waals surface area contributed by atoms with Crippen LogP contribution < -0.4 is 24.3 Å². The monoisotopic (exact) mass is 1120 g/mol. The second kappa shape index (κ2) is 18.0. The number of ether oxygens (including phenoxy) is 1. The standard InChI is InChI=1S/C73H44N4OS4/c1-9-25-65-55(17-1)74(56-18-2-10-26-66(56)79-65)45-33-37-49-50-38-34-46(75-57-19-3-11-27-67(57)80-68-28-12-4-20-58(68)75)42-52(50)73(51(49)41-45)53-43-47(76-59-21-5-13-29-69(59)81-70-30-14-6-22-60(70)76)35-39-63(53)78-64-40-36-48(44-54(64)73)77-61-23-7-15-31-71(61)82-72-32-16-8-24-62(72)77/h1-44H. The van der Waals surface area contributed by atoms with Gasteiger partial charge in [-0.05, 0) is 180 Å². The molecule has 1 aliphatic carbocycles. The maximum atomic E-state index is 7.46. The molecular weight excluding hydrogens is 1080 g/mol. The highest BCUT2D eigenvalue weighted by molar-refractivity contribution is 8.00. The van der Waals surface area contributed by atoms with Gasteiger partial charge >= 0.3 is 0 Å². The molecule has 9 heteroatoms. The predicted molar refractivity (Wildman–Crippen MR) is 339 cm³/mol. The Morgan fingerprint density at radius 2 is 0.451 bits per heavy atom. The van der Waals surface area contributed by atoms with Crippen molar-refractivity contribution in [2.75, 3.05) is 19.6 Å². The number of rotatable bonds is 4. The molecule has 0 radical (unpaired) electrons. The first-order chi connectivity index (χ1) is 40.6. The van der Waals surface area contributed by atoms with Gasteiger partial charge in [-0.3, -0.25) is 0 Å². The summed E-state index contributed by atoms with van der Waals surface area (Å²) in [7, 11) is 0. The van der Waals surface area contributed by atoms with E-state index in [2.05, 4.69) is 287 Å². The molecule has 0 aromatic heterocycles. The van der Waals surface area contributed by atoms with Crippen molar-refractivity contribution in [1.29, 1.82) is 0 Å². The molecule has 5 aliphatic heterocycles. The number of hydrogen-bond donors (Lipinski definition) is 0. The van der Waals surface area contributed by atoms with Crippen LogP contribution in [-0.4, -0.2) is 0 Å². The average molecular weight is 1120 g/mol. The van der Waals surface area contributed by atoms with Gasteiger partial charge in [0.1, 0.15) is 11.5 Å². The number of anilines is 12. The quantitative estimate of drug-likeness (QED) is 0.170. The van der Waals surface area contributed by atoms with E-state index in [-0.39, 0.29) is 0 Å². The molecule has 6 aliphatic rings. The van der Waals surface area contributed by atoms with Crippen LogP contribution in [0, 0.1) is 0 Å². The fourth-order valence-corrected chi connectivity index (χ4v) is 17.7. The zero-order chi connectivity index (χ0) is 53.6. The molecule has 386 valence electrons. The second-order valence-electron chi connectivity index (χ2n) is 21.2. The van der Waals surface area contributed by atoms with Crippen molar-refractivity contribution in [3.05, 3.63) is 289 Å². The highest BCUT2D eigenvalue weighted by atomic mass is 32.2. The second-order valence-corrected chi connectivity index (χ2v) is 25.5. The largest absolute Gasteiger partial charge is 0.457 e. The summed E-state index contributed by atoms with van der Waals surface area (Å²) in [5, 5.41) is 0. The molecule has 12 aromatic rings. The highest BCUT2D eigenvalue weighted by Crippen LogP contribution is 2.67. The molecule has 12 aromatic carbocycles. The zero-order valence-electron chi connectivity index (χ0n) is 43.7. The third kappa shape index (κ3) is 6.76. The Labute approximate surface area is 492 Å². The SMILES string of the molecule is c1ccc2c(c1)Sc1ccccc1N2c1ccc2c(c1)C1(c3cc(N4c5ccccc5Sc5ccccc54)ccc3O2)c2cc(N3c4ccccc4Sc4ccccc43)ccc2-c2ccc(N3c4ccccc4Sc4ccccc43)cc21. The van der Waals surface area contributed by atoms with Gasteiger partial charge in [0, 0.05) is 73.0 Å². The number of fused-ring (bicyclic) bond motifs is 17. The minimum atomic E-state index is -0.939. The van der Waals surface area contributed by atoms with Crippen LogP contribution in [0.1, 0.15) is 22.3 Å². The zero-order valence-corrected chi connectivity index (χ0v) is 47.0. The molecule has 0 saturated heterocycles. The Balaban J connectivity index is 0.960. The molecule has 0 saturated carbocycles. The Kier molecular flexibility index (Phi) is 10.3. The van der Waals surface area contributed by atoms with Gasteiger partial charge in [0.15, 0.2) is 0 Å². The molecule has 0 N–H and O–H groups in total. The van der Waals surface area contributed by atoms with Gasteiger partial charge < -0.3 is 24.3 Å². The summed E-state index contributed by atoms with van der Waals surface area (Å²) >= 11 is 7.34. The summed E-state index contributed by atoms with van der Waals surface area (Å²) in [6.45, 7) is 0. The van der Waals surface area contributed by atoms with Crippen LogP contribution in [0.5, 0.6) is 11.5 Å². The number of nitrogens with zero attached hydrogens (tertiary/aromatic N) is 4. The van der Waals surface area contributed by atoms with Crippen LogP contribution in [0.25, 0.3) is 11.1 Å². The molecule has 1 spiro atoms. The maximum Gasteiger partial charge on any atom is 0.132 e. The van der Waals surface area contributed by atoms with E-state index in [9.17, 15) is 0 Å². The average Bonchev–Trinajstić information content (AvgIpc) is 1.69. The van der Waals surface area contributed by atoms with Crippen molar-refractivity contribution in [2.24, 2.45) is 0 Å². The van der Waals surface area contributed by atoms with E-state index in [1.54, 1.807) is 0 Å². The minimum absolute atomic E-state index is 0.826. The van der Waals surface area contributed by atoms with Crippen molar-refractivity contribution in [2.45, 2.75) is 44.6 Å². The van der Waals surface area contributed by atoms with E-state index in [4.69, 9.17) is 4.74 Å². The van der Waals surface area contributed by atoms with Crippen LogP contribution in [-0.2, 0) is 5.41 Å². The van der Waals surface area contributed by atoms with Gasteiger partial charge in [-0.15, -0.1) is 0 Å². The fraction of sp³-hybridized carbons (Fsp3) is 0.0137. The molecule has 5 nitrogen and oxygen atoms in total. The Morgan fingerprint density at radius 1 is 0.232 bits per heavy atom.